The lowest BCUT2D eigenvalue weighted by Crippen LogP contribution is -2.33. The smallest absolute Gasteiger partial charge is 0.185 e. The number of rotatable bonds is 10. The summed E-state index contributed by atoms with van der Waals surface area (Å²) in [4.78, 5) is 42.0. The third kappa shape index (κ3) is 6.10. The number of alkyl halides is 1. The summed E-state index contributed by atoms with van der Waals surface area (Å²) in [5, 5.41) is 3.09. The highest BCUT2D eigenvalue weighted by Crippen LogP contribution is 2.43. The van der Waals surface area contributed by atoms with Crippen molar-refractivity contribution < 1.29 is 9.18 Å². The van der Waals surface area contributed by atoms with Gasteiger partial charge in [0.05, 0.1) is 40.9 Å². The first kappa shape index (κ1) is 26.6. The van der Waals surface area contributed by atoms with Gasteiger partial charge in [0.25, 0.3) is 0 Å². The molecule has 3 aromatic heterocycles. The van der Waals surface area contributed by atoms with Crippen molar-refractivity contribution in [2.75, 3.05) is 30.2 Å². The Labute approximate surface area is 220 Å². The van der Waals surface area contributed by atoms with E-state index >= 15 is 0 Å². The zero-order valence-electron chi connectivity index (χ0n) is 21.7. The average molecular weight is 523 g/mol. The number of halogens is 1. The number of aldehydes is 1. The molecular formula is C26H31FN8OS. The first-order valence-electron chi connectivity index (χ1n) is 12.1. The molecule has 3 heterocycles. The summed E-state index contributed by atoms with van der Waals surface area (Å²) in [7, 11) is 1.77. The molecule has 1 saturated carbocycles. The van der Waals surface area contributed by atoms with Crippen LogP contribution in [0.2, 0.25) is 0 Å². The standard InChI is InChI=1S/C26H31FN8OS/c1-15(10-27)35(4)26-23(33-21(13-36)29-11-19-8-9-20(37-5)12-28-19)17(3)32-25(34-26)22-16(2)30-14-31-24(22)18-6-7-18/h8-9,12-15,18H,6-7,10-11H2,1-5H3,(H,29,33). The molecule has 4 rings (SSSR count). The van der Waals surface area contributed by atoms with Crippen LogP contribution in [0.3, 0.4) is 0 Å². The van der Waals surface area contributed by atoms with E-state index in [0.717, 1.165) is 40.4 Å². The second-order valence-electron chi connectivity index (χ2n) is 9.07. The number of thioether (sulfide) groups is 1. The van der Waals surface area contributed by atoms with E-state index in [2.05, 4.69) is 25.3 Å². The van der Waals surface area contributed by atoms with Gasteiger partial charge in [-0.05, 0) is 52.0 Å². The van der Waals surface area contributed by atoms with E-state index in [4.69, 9.17) is 9.97 Å². The van der Waals surface area contributed by atoms with Crippen LogP contribution in [0.25, 0.3) is 11.4 Å². The Hall–Kier alpha value is -3.47. The molecule has 1 N–H and O–H groups in total. The molecule has 0 aromatic carbocycles. The Balaban J connectivity index is 1.73. The molecule has 3 aromatic rings. The summed E-state index contributed by atoms with van der Waals surface area (Å²) < 4.78 is 13.7. The molecule has 0 amide bonds. The zero-order valence-corrected chi connectivity index (χ0v) is 22.5. The van der Waals surface area contributed by atoms with Gasteiger partial charge in [-0.2, -0.15) is 0 Å². The van der Waals surface area contributed by atoms with Crippen molar-refractivity contribution in [1.29, 1.82) is 0 Å². The van der Waals surface area contributed by atoms with Gasteiger partial charge in [0.15, 0.2) is 23.8 Å². The van der Waals surface area contributed by atoms with Gasteiger partial charge in [-0.25, -0.2) is 24.3 Å². The van der Waals surface area contributed by atoms with E-state index in [1.165, 1.54) is 0 Å². The SMILES string of the molecule is CSc1ccc(CN=C(C=O)Nc2c(C)nc(-c3c(C)ncnc3C3CC3)nc2N(C)C(C)CF)nc1. The predicted molar refractivity (Wildman–Crippen MR) is 145 cm³/mol. The molecule has 1 aliphatic rings. The lowest BCUT2D eigenvalue weighted by Gasteiger charge is -2.27. The van der Waals surface area contributed by atoms with E-state index in [9.17, 15) is 9.18 Å². The number of aromatic nitrogens is 5. The molecular weight excluding hydrogens is 491 g/mol. The summed E-state index contributed by atoms with van der Waals surface area (Å²) in [6, 6.07) is 3.39. The monoisotopic (exact) mass is 522 g/mol. The highest BCUT2D eigenvalue weighted by atomic mass is 32.2. The summed E-state index contributed by atoms with van der Waals surface area (Å²) in [5.74, 6) is 1.43. The zero-order chi connectivity index (χ0) is 26.5. The number of aliphatic imine (C=N–C) groups is 1. The normalized spacial score (nSPS) is 14.4. The molecule has 0 spiro atoms. The van der Waals surface area contributed by atoms with Gasteiger partial charge in [-0.3, -0.25) is 14.8 Å². The topological polar surface area (TPSA) is 109 Å². The molecule has 0 bridgehead atoms. The first-order valence-corrected chi connectivity index (χ1v) is 13.3. The molecule has 0 saturated heterocycles. The number of pyridine rings is 1. The maximum absolute atomic E-state index is 13.7. The van der Waals surface area contributed by atoms with Crippen LogP contribution >= 0.6 is 11.8 Å². The summed E-state index contributed by atoms with van der Waals surface area (Å²) in [5.41, 5.74) is 4.36. The summed E-state index contributed by atoms with van der Waals surface area (Å²) in [6.07, 6.45) is 8.12. The van der Waals surface area contributed by atoms with Crippen LogP contribution in [0.1, 0.15) is 48.5 Å². The number of carbonyl (C=O) groups excluding carboxylic acids is 1. The van der Waals surface area contributed by atoms with Gasteiger partial charge >= 0.3 is 0 Å². The Morgan fingerprint density at radius 2 is 2.03 bits per heavy atom. The minimum absolute atomic E-state index is 0.107. The number of aryl methyl sites for hydroxylation is 2. The predicted octanol–water partition coefficient (Wildman–Crippen LogP) is 4.55. The summed E-state index contributed by atoms with van der Waals surface area (Å²) >= 11 is 1.60. The van der Waals surface area contributed by atoms with Gasteiger partial charge < -0.3 is 10.2 Å². The second kappa shape index (κ2) is 11.7. The Bertz CT molecular complexity index is 1300. The van der Waals surface area contributed by atoms with Crippen LogP contribution in [0.15, 0.2) is 34.5 Å². The molecule has 0 radical (unpaired) electrons. The van der Waals surface area contributed by atoms with Crippen LogP contribution in [0.5, 0.6) is 0 Å². The quantitative estimate of drug-likeness (QED) is 0.177. The average Bonchev–Trinajstić information content (AvgIpc) is 3.76. The molecule has 11 heteroatoms. The van der Waals surface area contributed by atoms with Crippen molar-refractivity contribution in [1.82, 2.24) is 24.9 Å². The highest BCUT2D eigenvalue weighted by molar-refractivity contribution is 7.98. The van der Waals surface area contributed by atoms with Crippen LogP contribution in [-0.4, -0.2) is 63.1 Å². The van der Waals surface area contributed by atoms with E-state index in [1.807, 2.05) is 32.2 Å². The minimum atomic E-state index is -0.568. The number of nitrogens with one attached hydrogen (secondary N) is 1. The van der Waals surface area contributed by atoms with Crippen molar-refractivity contribution >= 4 is 35.4 Å². The van der Waals surface area contributed by atoms with Crippen molar-refractivity contribution in [2.24, 2.45) is 4.99 Å². The van der Waals surface area contributed by atoms with Crippen molar-refractivity contribution in [3.63, 3.8) is 0 Å². The fourth-order valence-electron chi connectivity index (χ4n) is 3.84. The summed E-state index contributed by atoms with van der Waals surface area (Å²) in [6.45, 7) is 5.17. The second-order valence-corrected chi connectivity index (χ2v) is 9.95. The van der Waals surface area contributed by atoms with Gasteiger partial charge in [0.2, 0.25) is 0 Å². The van der Waals surface area contributed by atoms with Crippen molar-refractivity contribution in [3.8, 4) is 11.4 Å². The minimum Gasteiger partial charge on any atom is -0.352 e. The fraction of sp³-hybridized carbons (Fsp3) is 0.423. The van der Waals surface area contributed by atoms with Crippen LogP contribution in [-0.2, 0) is 11.3 Å². The van der Waals surface area contributed by atoms with Gasteiger partial charge in [0.1, 0.15) is 18.7 Å². The van der Waals surface area contributed by atoms with Crippen LogP contribution in [0, 0.1) is 13.8 Å². The third-order valence-corrected chi connectivity index (χ3v) is 7.07. The Kier molecular flexibility index (Phi) is 8.42. The maximum atomic E-state index is 13.7. The first-order chi connectivity index (χ1) is 17.9. The van der Waals surface area contributed by atoms with Crippen LogP contribution < -0.4 is 10.2 Å². The maximum Gasteiger partial charge on any atom is 0.185 e. The molecule has 0 aliphatic heterocycles. The molecule has 1 atom stereocenters. The van der Waals surface area contributed by atoms with E-state index in [1.54, 1.807) is 43.2 Å². The Morgan fingerprint density at radius 3 is 2.65 bits per heavy atom. The molecule has 37 heavy (non-hydrogen) atoms. The van der Waals surface area contributed by atoms with E-state index < -0.39 is 12.7 Å². The van der Waals surface area contributed by atoms with Gasteiger partial charge in [-0.15, -0.1) is 11.8 Å². The largest absolute Gasteiger partial charge is 0.352 e. The number of hydrogen-bond acceptors (Lipinski definition) is 9. The number of amidine groups is 1. The van der Waals surface area contributed by atoms with Gasteiger partial charge in [0, 0.05) is 24.1 Å². The highest BCUT2D eigenvalue weighted by Gasteiger charge is 2.31. The fourth-order valence-corrected chi connectivity index (χ4v) is 4.21. The van der Waals surface area contributed by atoms with Gasteiger partial charge in [-0.1, -0.05) is 0 Å². The number of carbonyl (C=O) groups is 1. The van der Waals surface area contributed by atoms with Crippen molar-refractivity contribution in [3.05, 3.63) is 47.4 Å². The Morgan fingerprint density at radius 1 is 1.24 bits per heavy atom. The number of hydrogen-bond donors (Lipinski definition) is 1. The molecule has 1 unspecified atom stereocenters. The molecule has 9 nitrogen and oxygen atoms in total. The van der Waals surface area contributed by atoms with E-state index in [0.29, 0.717) is 35.2 Å². The molecule has 1 aliphatic carbocycles. The molecule has 1 fully saturated rings. The lowest BCUT2D eigenvalue weighted by molar-refractivity contribution is -0.102. The molecule has 194 valence electrons. The van der Waals surface area contributed by atoms with E-state index in [-0.39, 0.29) is 12.4 Å². The lowest BCUT2D eigenvalue weighted by atomic mass is 10.1. The number of anilines is 2. The van der Waals surface area contributed by atoms with Crippen LogP contribution in [0.4, 0.5) is 15.9 Å². The van der Waals surface area contributed by atoms with Crippen molar-refractivity contribution in [2.45, 2.75) is 57.0 Å². The number of nitrogens with zero attached hydrogens (tertiary/aromatic N) is 7. The third-order valence-electron chi connectivity index (χ3n) is 6.35.